The Hall–Kier alpha value is 0.142. The van der Waals surface area contributed by atoms with E-state index < -0.39 is 0 Å². The van der Waals surface area contributed by atoms with Crippen LogP contribution in [0.1, 0.15) is 9.27 Å². The summed E-state index contributed by atoms with van der Waals surface area (Å²) in [5, 5.41) is 0. The quantitative estimate of drug-likeness (QED) is 0.615. The van der Waals surface area contributed by atoms with Gasteiger partial charge >= 0.3 is 47.9 Å². The molecule has 0 bridgehead atoms. The molecule has 1 rings (SSSR count). The van der Waals surface area contributed by atoms with E-state index in [1.54, 1.807) is 19.2 Å². The van der Waals surface area contributed by atoms with Crippen LogP contribution in [-0.4, -0.2) is 0 Å². The van der Waals surface area contributed by atoms with Gasteiger partial charge in [-0.05, 0) is 0 Å². The van der Waals surface area contributed by atoms with Crippen LogP contribution in [0, 0.1) is 0 Å². The van der Waals surface area contributed by atoms with Crippen molar-refractivity contribution in [2.45, 2.75) is 6.42 Å². The van der Waals surface area contributed by atoms with Crippen molar-refractivity contribution in [3.8, 4) is 0 Å². The number of allylic oxidation sites excluding steroid dienone is 4. The normalized spacial score (nSPS) is 18.3. The Bertz CT molecular complexity index is 107. The molecule has 0 spiro atoms. The van der Waals surface area contributed by atoms with Gasteiger partial charge in [0, 0.05) is 0 Å². The van der Waals surface area contributed by atoms with Crippen molar-refractivity contribution in [3.63, 3.8) is 0 Å². The summed E-state index contributed by atoms with van der Waals surface area (Å²) < 4.78 is 1.52. The van der Waals surface area contributed by atoms with Crippen molar-refractivity contribution in [3.05, 3.63) is 22.3 Å². The number of hydrogen-bond acceptors (Lipinski definition) is 0. The van der Waals surface area contributed by atoms with Crippen LogP contribution in [0.15, 0.2) is 22.3 Å². The van der Waals surface area contributed by atoms with E-state index in [0.29, 0.717) is 0 Å². The Balaban J connectivity index is 0. The number of rotatable bonds is 0. The summed E-state index contributed by atoms with van der Waals surface area (Å²) in [5.41, 5.74) is 0. The maximum absolute atomic E-state index is 2.18. The molecule has 0 N–H and O–H groups in total. The van der Waals surface area contributed by atoms with Gasteiger partial charge in [-0.1, -0.05) is 0 Å². The Morgan fingerprint density at radius 2 is 2.67 bits per heavy atom. The van der Waals surface area contributed by atoms with E-state index in [9.17, 15) is 0 Å². The SMILES string of the molecule is [H-].[H-].[Re+2][C]1=CC=CC1. The van der Waals surface area contributed by atoms with E-state index in [4.69, 9.17) is 0 Å². The average Bonchev–Trinajstić information content (AvgIpc) is 1.86. The van der Waals surface area contributed by atoms with E-state index in [1.807, 2.05) is 0 Å². The summed E-state index contributed by atoms with van der Waals surface area (Å²) in [6.07, 6.45) is 7.64. The summed E-state index contributed by atoms with van der Waals surface area (Å²) in [4.78, 5) is 0. The first-order chi connectivity index (χ1) is 2.89. The van der Waals surface area contributed by atoms with Crippen LogP contribution in [0.2, 0.25) is 0 Å². The zero-order valence-corrected chi connectivity index (χ0v) is 6.03. The van der Waals surface area contributed by atoms with Crippen LogP contribution < -0.4 is 0 Å². The molecule has 0 heterocycles. The molecule has 0 unspecified atom stereocenters. The fourth-order valence-electron chi connectivity index (χ4n) is 0.421. The Morgan fingerprint density at radius 1 is 1.83 bits per heavy atom. The second-order valence-electron chi connectivity index (χ2n) is 1.25. The van der Waals surface area contributed by atoms with Gasteiger partial charge in [-0.15, -0.1) is 0 Å². The third-order valence-electron chi connectivity index (χ3n) is 0.726. The molecule has 0 aromatic heterocycles. The molecular weight excluding hydrogens is 246 g/mol. The van der Waals surface area contributed by atoms with Crippen molar-refractivity contribution >= 4 is 0 Å². The molecule has 1 aliphatic rings. The predicted octanol–water partition coefficient (Wildman–Crippen LogP) is 1.60. The summed E-state index contributed by atoms with van der Waals surface area (Å²) in [7, 11) is 0. The van der Waals surface area contributed by atoms with Crippen molar-refractivity contribution in [2.75, 3.05) is 0 Å². The molecule has 0 nitrogen and oxygen atoms in total. The van der Waals surface area contributed by atoms with Crippen LogP contribution in [0.4, 0.5) is 0 Å². The van der Waals surface area contributed by atoms with Gasteiger partial charge in [0.05, 0.1) is 0 Å². The van der Waals surface area contributed by atoms with Gasteiger partial charge in [0.2, 0.25) is 0 Å². The first-order valence-electron chi connectivity index (χ1n) is 1.91. The van der Waals surface area contributed by atoms with E-state index in [2.05, 4.69) is 18.2 Å². The molecule has 34 valence electrons. The minimum atomic E-state index is 0. The van der Waals surface area contributed by atoms with Crippen LogP contribution in [0.3, 0.4) is 0 Å². The molecule has 0 saturated carbocycles. The topological polar surface area (TPSA) is 0 Å². The third kappa shape index (κ3) is 0.802. The summed E-state index contributed by atoms with van der Waals surface area (Å²) in [6.45, 7) is 0. The molecule has 1 heteroatoms. The monoisotopic (exact) mass is 254 g/mol. The molecule has 1 aliphatic carbocycles. The Labute approximate surface area is 51.3 Å². The molecule has 0 radical (unpaired) electrons. The zero-order valence-electron chi connectivity index (χ0n) is 5.32. The summed E-state index contributed by atoms with van der Waals surface area (Å²) in [5.74, 6) is 0. The van der Waals surface area contributed by atoms with Crippen molar-refractivity contribution in [2.24, 2.45) is 0 Å². The first kappa shape index (κ1) is 4.31. The molecule has 6 heavy (non-hydrogen) atoms. The van der Waals surface area contributed by atoms with E-state index in [1.165, 1.54) is 10.5 Å². The van der Waals surface area contributed by atoms with Crippen LogP contribution >= 0.6 is 0 Å². The van der Waals surface area contributed by atoms with Gasteiger partial charge in [-0.25, -0.2) is 0 Å². The number of hydrogen-bond donors (Lipinski definition) is 0. The van der Waals surface area contributed by atoms with Crippen molar-refractivity contribution in [1.29, 1.82) is 0 Å². The van der Waals surface area contributed by atoms with Gasteiger partial charge in [-0.3, -0.25) is 0 Å². The second-order valence-corrected chi connectivity index (χ2v) is 2.99. The predicted molar refractivity (Wildman–Crippen MR) is 24.1 cm³/mol. The molecule has 0 aliphatic heterocycles. The van der Waals surface area contributed by atoms with Gasteiger partial charge in [-0.2, -0.15) is 0 Å². The van der Waals surface area contributed by atoms with Gasteiger partial charge < -0.3 is 2.85 Å². The average molecular weight is 253 g/mol. The zero-order chi connectivity index (χ0) is 4.41. The molecule has 0 atom stereocenters. The molecule has 0 aromatic carbocycles. The van der Waals surface area contributed by atoms with Crippen molar-refractivity contribution < 1.29 is 22.1 Å². The molecule has 0 amide bonds. The standard InChI is InChI=1S/C5H5.Re.2H/c1-2-4-5-3-1;;;/h1-3H,4H2;;;/q;+2;2*-1. The third-order valence-corrected chi connectivity index (χ3v) is 1.73. The maximum atomic E-state index is 2.18. The fraction of sp³-hybridized carbons (Fsp3) is 0.200. The molecule has 0 fully saturated rings. The fourth-order valence-corrected chi connectivity index (χ4v) is 1.00. The Morgan fingerprint density at radius 3 is 2.83 bits per heavy atom. The first-order valence-corrected chi connectivity index (χ1v) is 3.26. The van der Waals surface area contributed by atoms with Gasteiger partial charge in [0.25, 0.3) is 0 Å². The van der Waals surface area contributed by atoms with E-state index in [-0.39, 0.29) is 2.85 Å². The van der Waals surface area contributed by atoms with Crippen LogP contribution in [-0.2, 0) is 19.2 Å². The Kier molecular flexibility index (Phi) is 1.24. The second kappa shape index (κ2) is 1.73. The summed E-state index contributed by atoms with van der Waals surface area (Å²) in [6, 6.07) is 0. The van der Waals surface area contributed by atoms with Gasteiger partial charge in [0.1, 0.15) is 0 Å². The van der Waals surface area contributed by atoms with E-state index in [0.717, 1.165) is 0 Å². The van der Waals surface area contributed by atoms with E-state index >= 15 is 0 Å². The van der Waals surface area contributed by atoms with Gasteiger partial charge in [0.15, 0.2) is 0 Å². The van der Waals surface area contributed by atoms with Crippen LogP contribution in [0.25, 0.3) is 0 Å². The minimum absolute atomic E-state index is 0. The summed E-state index contributed by atoms with van der Waals surface area (Å²) >= 11 is 1.78. The van der Waals surface area contributed by atoms with Crippen molar-refractivity contribution in [1.82, 2.24) is 0 Å². The molecule has 0 saturated heterocycles. The molecular formula is C5H7Re. The van der Waals surface area contributed by atoms with Crippen LogP contribution in [0.5, 0.6) is 0 Å². The molecule has 0 aromatic rings.